The summed E-state index contributed by atoms with van der Waals surface area (Å²) in [4.78, 5) is 0.203. The zero-order valence-electron chi connectivity index (χ0n) is 11.5. The van der Waals surface area contributed by atoms with E-state index in [-0.39, 0.29) is 10.4 Å². The van der Waals surface area contributed by atoms with Crippen molar-refractivity contribution in [2.45, 2.75) is 30.7 Å². The zero-order valence-corrected chi connectivity index (χ0v) is 14.7. The largest absolute Gasteiger partial charge is 0.487 e. The number of halogens is 2. The van der Waals surface area contributed by atoms with Crippen LogP contribution >= 0.6 is 31.9 Å². The van der Waals surface area contributed by atoms with Gasteiger partial charge in [0.15, 0.2) is 0 Å². The molecule has 1 nitrogen and oxygen atoms in total. The monoisotopic (exact) mass is 394 g/mol. The van der Waals surface area contributed by atoms with Crippen LogP contribution in [0.4, 0.5) is 0 Å². The van der Waals surface area contributed by atoms with Gasteiger partial charge in [0.25, 0.3) is 0 Å². The molecule has 1 aliphatic rings. The van der Waals surface area contributed by atoms with Crippen LogP contribution in [0.1, 0.15) is 35.4 Å². The molecule has 1 unspecified atom stereocenters. The average Bonchev–Trinajstić information content (AvgIpc) is 2.70. The maximum Gasteiger partial charge on any atom is 0.123 e. The Morgan fingerprint density at radius 2 is 1.85 bits per heavy atom. The Balaban J connectivity index is 1.93. The number of alkyl halides is 1. The molecule has 0 saturated heterocycles. The Bertz CT molecular complexity index is 649. The van der Waals surface area contributed by atoms with Gasteiger partial charge >= 0.3 is 0 Å². The highest BCUT2D eigenvalue weighted by molar-refractivity contribution is 9.10. The lowest BCUT2D eigenvalue weighted by molar-refractivity contribution is 0.138. The van der Waals surface area contributed by atoms with Crippen molar-refractivity contribution in [3.8, 4) is 5.75 Å². The van der Waals surface area contributed by atoms with Gasteiger partial charge in [0, 0.05) is 10.9 Å². The van der Waals surface area contributed by atoms with Crippen LogP contribution in [-0.4, -0.2) is 5.60 Å². The lowest BCUT2D eigenvalue weighted by Crippen LogP contribution is -2.24. The summed E-state index contributed by atoms with van der Waals surface area (Å²) in [5.74, 6) is 1.02. The Morgan fingerprint density at radius 1 is 1.10 bits per heavy atom. The van der Waals surface area contributed by atoms with Gasteiger partial charge in [-0.25, -0.2) is 0 Å². The van der Waals surface area contributed by atoms with Crippen LogP contribution in [-0.2, 0) is 6.42 Å². The van der Waals surface area contributed by atoms with Gasteiger partial charge in [-0.15, -0.1) is 0 Å². The van der Waals surface area contributed by atoms with E-state index in [0.29, 0.717) is 0 Å². The normalized spacial score (nSPS) is 17.4. The molecule has 20 heavy (non-hydrogen) atoms. The maximum atomic E-state index is 5.93. The molecule has 0 amide bonds. The third-order valence-electron chi connectivity index (χ3n) is 3.52. The van der Waals surface area contributed by atoms with Gasteiger partial charge in [-0.1, -0.05) is 56.1 Å². The van der Waals surface area contributed by atoms with Crippen molar-refractivity contribution in [1.29, 1.82) is 0 Å². The first-order valence-electron chi connectivity index (χ1n) is 6.66. The topological polar surface area (TPSA) is 9.23 Å². The van der Waals surface area contributed by atoms with E-state index >= 15 is 0 Å². The predicted octanol–water partition coefficient (Wildman–Crippen LogP) is 5.65. The Hall–Kier alpha value is -0.800. The molecule has 0 fully saturated rings. The van der Waals surface area contributed by atoms with Crippen LogP contribution in [0.3, 0.4) is 0 Å². The van der Waals surface area contributed by atoms with Crippen molar-refractivity contribution >= 4 is 31.9 Å². The van der Waals surface area contributed by atoms with E-state index in [1.807, 2.05) is 6.07 Å². The lowest BCUT2D eigenvalue weighted by Gasteiger charge is -2.16. The molecule has 1 atom stereocenters. The first-order chi connectivity index (χ1) is 9.44. The van der Waals surface area contributed by atoms with Crippen molar-refractivity contribution in [3.05, 3.63) is 63.6 Å². The molecular formula is C17H16Br2O. The molecule has 1 heterocycles. The van der Waals surface area contributed by atoms with Crippen LogP contribution in [0.2, 0.25) is 0 Å². The standard InChI is InChI=1S/C17H16Br2O/c1-17(2)10-13-8-12(6-7-15(13)20-17)16(19)11-4-3-5-14(18)9-11/h3-9,16H,10H2,1-2H3. The van der Waals surface area contributed by atoms with Gasteiger partial charge in [0.2, 0.25) is 0 Å². The lowest BCUT2D eigenvalue weighted by atomic mass is 9.98. The molecule has 2 aromatic carbocycles. The quantitative estimate of drug-likeness (QED) is 0.597. The van der Waals surface area contributed by atoms with E-state index < -0.39 is 0 Å². The minimum absolute atomic E-state index is 0.0848. The summed E-state index contributed by atoms with van der Waals surface area (Å²) in [7, 11) is 0. The van der Waals surface area contributed by atoms with Crippen molar-refractivity contribution in [1.82, 2.24) is 0 Å². The second-order valence-corrected chi connectivity index (χ2v) is 7.65. The molecule has 104 valence electrons. The fourth-order valence-electron chi connectivity index (χ4n) is 2.64. The van der Waals surface area contributed by atoms with Gasteiger partial charge in [-0.3, -0.25) is 0 Å². The fourth-order valence-corrected chi connectivity index (χ4v) is 3.63. The summed E-state index contributed by atoms with van der Waals surface area (Å²) in [5.41, 5.74) is 3.73. The van der Waals surface area contributed by atoms with E-state index in [4.69, 9.17) is 4.74 Å². The maximum absolute atomic E-state index is 5.93. The summed E-state index contributed by atoms with van der Waals surface area (Å²) in [6.07, 6.45) is 0.967. The Morgan fingerprint density at radius 3 is 2.60 bits per heavy atom. The van der Waals surface area contributed by atoms with Crippen LogP contribution in [0.25, 0.3) is 0 Å². The molecule has 0 spiro atoms. The van der Waals surface area contributed by atoms with E-state index in [9.17, 15) is 0 Å². The molecule has 0 aromatic heterocycles. The first-order valence-corrected chi connectivity index (χ1v) is 8.37. The fraction of sp³-hybridized carbons (Fsp3) is 0.294. The highest BCUT2D eigenvalue weighted by atomic mass is 79.9. The van der Waals surface area contributed by atoms with Crippen LogP contribution in [0, 0.1) is 0 Å². The molecule has 1 aliphatic heterocycles. The van der Waals surface area contributed by atoms with Crippen LogP contribution in [0.5, 0.6) is 5.75 Å². The summed E-state index contributed by atoms with van der Waals surface area (Å²) < 4.78 is 7.03. The number of ether oxygens (including phenoxy) is 1. The minimum atomic E-state index is -0.0848. The summed E-state index contributed by atoms with van der Waals surface area (Å²) >= 11 is 7.33. The van der Waals surface area contributed by atoms with Crippen molar-refractivity contribution in [3.63, 3.8) is 0 Å². The van der Waals surface area contributed by atoms with Gasteiger partial charge in [0.05, 0.1) is 4.83 Å². The van der Waals surface area contributed by atoms with Gasteiger partial charge < -0.3 is 4.74 Å². The number of rotatable bonds is 2. The zero-order chi connectivity index (χ0) is 14.3. The molecule has 0 saturated carbocycles. The van der Waals surface area contributed by atoms with Gasteiger partial charge in [-0.05, 0) is 48.7 Å². The van der Waals surface area contributed by atoms with E-state index in [1.54, 1.807) is 0 Å². The van der Waals surface area contributed by atoms with E-state index in [1.165, 1.54) is 16.7 Å². The summed E-state index contributed by atoms with van der Waals surface area (Å²) in [6, 6.07) is 14.9. The van der Waals surface area contributed by atoms with Crippen molar-refractivity contribution < 1.29 is 4.74 Å². The molecule has 3 rings (SSSR count). The summed E-state index contributed by atoms with van der Waals surface area (Å²) in [5, 5.41) is 0. The van der Waals surface area contributed by atoms with Gasteiger partial charge in [0.1, 0.15) is 11.4 Å². The van der Waals surface area contributed by atoms with E-state index in [0.717, 1.165) is 16.6 Å². The smallest absolute Gasteiger partial charge is 0.123 e. The third-order valence-corrected chi connectivity index (χ3v) is 5.07. The number of benzene rings is 2. The first kappa shape index (κ1) is 14.2. The molecule has 0 aliphatic carbocycles. The number of fused-ring (bicyclic) bond motifs is 1. The van der Waals surface area contributed by atoms with Crippen molar-refractivity contribution in [2.24, 2.45) is 0 Å². The Kier molecular flexibility index (Phi) is 3.67. The van der Waals surface area contributed by atoms with Crippen LogP contribution in [0.15, 0.2) is 46.9 Å². The molecule has 2 aromatic rings. The minimum Gasteiger partial charge on any atom is -0.487 e. The second-order valence-electron chi connectivity index (χ2n) is 5.82. The van der Waals surface area contributed by atoms with Gasteiger partial charge in [-0.2, -0.15) is 0 Å². The number of hydrogen-bond acceptors (Lipinski definition) is 1. The number of hydrogen-bond donors (Lipinski definition) is 0. The van der Waals surface area contributed by atoms with Crippen LogP contribution < -0.4 is 4.74 Å². The molecule has 3 heteroatoms. The Labute approximate surface area is 136 Å². The third kappa shape index (κ3) is 2.79. The molecular weight excluding hydrogens is 380 g/mol. The highest BCUT2D eigenvalue weighted by Gasteiger charge is 2.30. The predicted molar refractivity (Wildman–Crippen MR) is 89.8 cm³/mol. The average molecular weight is 396 g/mol. The highest BCUT2D eigenvalue weighted by Crippen LogP contribution is 2.39. The SMILES string of the molecule is CC1(C)Cc2cc(C(Br)c3cccc(Br)c3)ccc2O1. The molecule has 0 N–H and O–H groups in total. The van der Waals surface area contributed by atoms with Crippen molar-refractivity contribution in [2.75, 3.05) is 0 Å². The molecule has 0 bridgehead atoms. The second kappa shape index (κ2) is 5.19. The summed E-state index contributed by atoms with van der Waals surface area (Å²) in [6.45, 7) is 4.26. The van der Waals surface area contributed by atoms with E-state index in [2.05, 4.69) is 82.1 Å². The molecule has 0 radical (unpaired) electrons.